The number of carboxylic acid groups (broad SMARTS) is 1. The minimum atomic E-state index is -1.37. The van der Waals surface area contributed by atoms with Gasteiger partial charge in [-0.1, -0.05) is 25.0 Å². The summed E-state index contributed by atoms with van der Waals surface area (Å²) in [4.78, 5) is 78.2. The average molecular weight is 779 g/mol. The number of hydrogen-bond donors (Lipinski definition) is 6. The van der Waals surface area contributed by atoms with Crippen molar-refractivity contribution in [2.24, 2.45) is 11.1 Å². The van der Waals surface area contributed by atoms with Crippen LogP contribution in [0.5, 0.6) is 0 Å². The topological polar surface area (TPSA) is 217 Å². The molecule has 1 aliphatic heterocycles. The highest BCUT2D eigenvalue weighted by Crippen LogP contribution is 2.39. The van der Waals surface area contributed by atoms with Crippen molar-refractivity contribution in [3.63, 3.8) is 0 Å². The van der Waals surface area contributed by atoms with Crippen LogP contribution in [0.4, 0.5) is 25.4 Å². The lowest BCUT2D eigenvalue weighted by atomic mass is 9.83. The molecule has 3 aromatic rings. The van der Waals surface area contributed by atoms with Crippen molar-refractivity contribution in [2.45, 2.75) is 71.6 Å². The molecule has 2 aliphatic rings. The third-order valence-electron chi connectivity index (χ3n) is 10.5. The van der Waals surface area contributed by atoms with Gasteiger partial charge in [-0.05, 0) is 69.4 Å². The van der Waals surface area contributed by atoms with E-state index in [-0.39, 0.29) is 48.6 Å². The van der Waals surface area contributed by atoms with E-state index in [9.17, 15) is 33.9 Å². The first kappa shape index (κ1) is 41.3. The number of amides is 5. The van der Waals surface area contributed by atoms with Crippen LogP contribution in [-0.2, 0) is 27.5 Å². The summed E-state index contributed by atoms with van der Waals surface area (Å²) < 4.78 is 22.5. The molecule has 2 fully saturated rings. The van der Waals surface area contributed by atoms with Crippen LogP contribution in [0.1, 0.15) is 68.3 Å². The molecule has 302 valence electrons. The molecule has 1 saturated heterocycles. The summed E-state index contributed by atoms with van der Waals surface area (Å²) in [6, 6.07) is 8.97. The Labute approximate surface area is 323 Å². The normalized spacial score (nSPS) is 15.6. The van der Waals surface area contributed by atoms with Gasteiger partial charge >= 0.3 is 18.1 Å². The lowest BCUT2D eigenvalue weighted by Crippen LogP contribution is -2.53. The number of carboxylic acids is 1. The number of halogens is 1. The zero-order valence-corrected chi connectivity index (χ0v) is 31.8. The summed E-state index contributed by atoms with van der Waals surface area (Å²) in [5.74, 6) is -2.57. The standard InChI is InChI=1S/C39H51FN8O8/c1-3-42-35(52)39(13-5-6-14-39)36(53)45-27(8-7-15-43-37(41)54)22-44-26-11-9-25(10-12-26)24-56-38(55)48-18-16-47(17-19-48)32-21-31-28(20-30(32)40)33(49)29(34(50)51)23-46(31)4-2/h9-12,20-21,23,27,44H,3-8,13-19,22,24H2,1-2H3,(H,42,52)(H,45,53)(H,50,51)(H3,41,43,54)/t27-/m0/s1. The van der Waals surface area contributed by atoms with Crippen molar-refractivity contribution in [2.75, 3.05) is 56.0 Å². The fraction of sp³-hybridized carbons (Fsp3) is 0.487. The Bertz CT molecular complexity index is 1970. The van der Waals surface area contributed by atoms with Gasteiger partial charge in [0.1, 0.15) is 23.4 Å². The predicted molar refractivity (Wildman–Crippen MR) is 208 cm³/mol. The maximum atomic E-state index is 15.3. The van der Waals surface area contributed by atoms with Crippen LogP contribution in [-0.4, -0.2) is 96.3 Å². The first-order chi connectivity index (χ1) is 26.9. The Kier molecular flexibility index (Phi) is 13.7. The van der Waals surface area contributed by atoms with Gasteiger partial charge in [0.05, 0.1) is 11.2 Å². The van der Waals surface area contributed by atoms with E-state index in [0.717, 1.165) is 30.2 Å². The molecule has 1 aliphatic carbocycles. The second kappa shape index (κ2) is 18.6. The Morgan fingerprint density at radius 3 is 2.30 bits per heavy atom. The number of benzene rings is 2. The molecular weight excluding hydrogens is 727 g/mol. The molecule has 56 heavy (non-hydrogen) atoms. The average Bonchev–Trinajstić information content (AvgIpc) is 3.70. The maximum absolute atomic E-state index is 15.3. The predicted octanol–water partition coefficient (Wildman–Crippen LogP) is 3.36. The number of aryl methyl sites for hydroxylation is 1. The fourth-order valence-electron chi connectivity index (χ4n) is 7.36. The summed E-state index contributed by atoms with van der Waals surface area (Å²) in [6.07, 6.45) is 4.42. The summed E-state index contributed by atoms with van der Waals surface area (Å²) in [5, 5.41) is 21.2. The summed E-state index contributed by atoms with van der Waals surface area (Å²) in [7, 11) is 0. The molecule has 7 N–H and O–H groups in total. The van der Waals surface area contributed by atoms with Crippen LogP contribution in [0.2, 0.25) is 0 Å². The van der Waals surface area contributed by atoms with Crippen LogP contribution in [0.25, 0.3) is 10.9 Å². The van der Waals surface area contributed by atoms with Crippen LogP contribution in [0.3, 0.4) is 0 Å². The maximum Gasteiger partial charge on any atom is 0.410 e. The smallest absolute Gasteiger partial charge is 0.410 e. The molecular formula is C39H51FN8O8. The van der Waals surface area contributed by atoms with E-state index in [4.69, 9.17) is 10.5 Å². The number of piperazine rings is 1. The highest BCUT2D eigenvalue weighted by molar-refractivity contribution is 6.05. The van der Waals surface area contributed by atoms with Crippen molar-refractivity contribution >= 4 is 52.2 Å². The lowest BCUT2D eigenvalue weighted by Gasteiger charge is -2.35. The third-order valence-corrected chi connectivity index (χ3v) is 10.5. The van der Waals surface area contributed by atoms with Gasteiger partial charge in [-0.2, -0.15) is 0 Å². The summed E-state index contributed by atoms with van der Waals surface area (Å²) >= 11 is 0. The molecule has 17 heteroatoms. The number of fused-ring (bicyclic) bond motifs is 1. The highest BCUT2D eigenvalue weighted by Gasteiger charge is 2.48. The molecule has 0 bridgehead atoms. The van der Waals surface area contributed by atoms with Gasteiger partial charge in [-0.3, -0.25) is 14.4 Å². The van der Waals surface area contributed by atoms with E-state index < -0.39 is 40.3 Å². The van der Waals surface area contributed by atoms with Crippen LogP contribution in [0, 0.1) is 11.2 Å². The Balaban J connectivity index is 1.13. The van der Waals surface area contributed by atoms with E-state index in [1.54, 1.807) is 27.4 Å². The molecule has 1 saturated carbocycles. The van der Waals surface area contributed by atoms with Crippen molar-refractivity contribution < 1.29 is 38.2 Å². The zero-order valence-electron chi connectivity index (χ0n) is 31.8. The van der Waals surface area contributed by atoms with Crippen LogP contribution >= 0.6 is 0 Å². The molecule has 16 nitrogen and oxygen atoms in total. The molecule has 5 rings (SSSR count). The molecule has 1 atom stereocenters. The van der Waals surface area contributed by atoms with Crippen LogP contribution < -0.4 is 37.3 Å². The first-order valence-electron chi connectivity index (χ1n) is 19.1. The second-order valence-corrected chi connectivity index (χ2v) is 14.1. The number of pyridine rings is 1. The number of nitrogens with one attached hydrogen (secondary N) is 4. The second-order valence-electron chi connectivity index (χ2n) is 14.1. The van der Waals surface area contributed by atoms with Crippen molar-refractivity contribution in [3.8, 4) is 0 Å². The van der Waals surface area contributed by atoms with Gasteiger partial charge < -0.3 is 51.2 Å². The van der Waals surface area contributed by atoms with Gasteiger partial charge in [-0.25, -0.2) is 18.8 Å². The quantitative estimate of drug-likeness (QED) is 0.0921. The Morgan fingerprint density at radius 1 is 0.982 bits per heavy atom. The highest BCUT2D eigenvalue weighted by atomic mass is 19.1. The van der Waals surface area contributed by atoms with E-state index >= 15 is 4.39 Å². The Morgan fingerprint density at radius 2 is 1.68 bits per heavy atom. The monoisotopic (exact) mass is 778 g/mol. The zero-order chi connectivity index (χ0) is 40.4. The van der Waals surface area contributed by atoms with E-state index in [1.807, 2.05) is 31.2 Å². The van der Waals surface area contributed by atoms with Gasteiger partial charge in [0.25, 0.3) is 0 Å². The molecule has 2 heterocycles. The molecule has 1 aromatic heterocycles. The van der Waals surface area contributed by atoms with Crippen molar-refractivity contribution in [3.05, 3.63) is 69.8 Å². The number of primary amides is 1. The number of aromatic carboxylic acids is 1. The molecule has 0 spiro atoms. The van der Waals surface area contributed by atoms with Crippen molar-refractivity contribution in [1.29, 1.82) is 0 Å². The number of urea groups is 1. The summed E-state index contributed by atoms with van der Waals surface area (Å²) in [5.41, 5.74) is 5.14. The van der Waals surface area contributed by atoms with E-state index in [2.05, 4.69) is 21.3 Å². The first-order valence-corrected chi connectivity index (χ1v) is 19.1. The number of nitrogens with two attached hydrogens (primary N) is 1. The van der Waals surface area contributed by atoms with Gasteiger partial charge in [0, 0.05) is 75.7 Å². The fourth-order valence-corrected chi connectivity index (χ4v) is 7.36. The number of hydrogen-bond acceptors (Lipinski definition) is 9. The van der Waals surface area contributed by atoms with Gasteiger partial charge in [0.15, 0.2) is 0 Å². The Hall–Kier alpha value is -5.87. The minimum Gasteiger partial charge on any atom is -0.477 e. The third kappa shape index (κ3) is 9.67. The van der Waals surface area contributed by atoms with Crippen LogP contribution in [0.15, 0.2) is 47.4 Å². The lowest BCUT2D eigenvalue weighted by molar-refractivity contribution is -0.143. The number of carbonyl (C=O) groups is 5. The number of anilines is 2. The largest absolute Gasteiger partial charge is 0.477 e. The molecule has 5 amide bonds. The number of rotatable bonds is 16. The number of carbonyl (C=O) groups excluding carboxylic acids is 4. The van der Waals surface area contributed by atoms with Crippen molar-refractivity contribution in [1.82, 2.24) is 25.4 Å². The van der Waals surface area contributed by atoms with Gasteiger partial charge in [0.2, 0.25) is 17.2 Å². The van der Waals surface area contributed by atoms with E-state index in [0.29, 0.717) is 70.5 Å². The number of ether oxygens (including phenoxy) is 1. The van der Waals surface area contributed by atoms with E-state index in [1.165, 1.54) is 6.20 Å². The molecule has 2 aromatic carbocycles. The molecule has 0 unspecified atom stereocenters. The number of nitrogens with zero attached hydrogens (tertiary/aromatic N) is 3. The SMILES string of the molecule is CCNC(=O)C1(C(=O)N[C@@H](CCCNC(N)=O)CNc2ccc(COC(=O)N3CCN(c4cc5c(cc4F)c(=O)c(C(=O)O)cn5CC)CC3)cc2)CCCC1. The molecule has 0 radical (unpaired) electrons. The minimum absolute atomic E-state index is 0.00916. The number of aromatic nitrogens is 1. The van der Waals surface area contributed by atoms with Gasteiger partial charge in [-0.15, -0.1) is 0 Å². The summed E-state index contributed by atoms with van der Waals surface area (Å²) in [6.45, 7) is 6.36.